The molecule has 0 fully saturated rings. The summed E-state index contributed by atoms with van der Waals surface area (Å²) in [5, 5.41) is 11.7. The molecule has 1 amide bonds. The lowest BCUT2D eigenvalue weighted by Crippen LogP contribution is -2.41. The summed E-state index contributed by atoms with van der Waals surface area (Å²) in [6.07, 6.45) is 5.98. The molecule has 104 valence electrons. The van der Waals surface area contributed by atoms with Gasteiger partial charge >= 0.3 is 5.97 Å². The molecule has 1 aromatic rings. The summed E-state index contributed by atoms with van der Waals surface area (Å²) in [5.41, 5.74) is 1.32. The van der Waals surface area contributed by atoms with Crippen LogP contribution in [0.4, 0.5) is 0 Å². The molecular weight excluding hydrogens is 244 g/mol. The number of aliphatic carboxylic acids is 1. The number of unbranched alkanes of at least 4 members (excludes halogenated alkanes) is 1. The Labute approximate surface area is 113 Å². The number of aromatic nitrogens is 1. The lowest BCUT2D eigenvalue weighted by Gasteiger charge is -2.15. The number of carboxylic acid groups (broad SMARTS) is 1. The van der Waals surface area contributed by atoms with Gasteiger partial charge in [0.15, 0.2) is 0 Å². The number of hydrogen-bond acceptors (Lipinski definition) is 3. The fourth-order valence-electron chi connectivity index (χ4n) is 1.83. The highest BCUT2D eigenvalue weighted by Gasteiger charge is 2.21. The molecule has 0 saturated heterocycles. The molecule has 19 heavy (non-hydrogen) atoms. The van der Waals surface area contributed by atoms with Gasteiger partial charge in [-0.3, -0.25) is 9.78 Å². The number of rotatable bonds is 7. The van der Waals surface area contributed by atoms with Gasteiger partial charge in [-0.15, -0.1) is 0 Å². The number of carbonyl (C=O) groups excluding carboxylic acids is 1. The van der Waals surface area contributed by atoms with Crippen molar-refractivity contribution in [2.75, 3.05) is 0 Å². The van der Waals surface area contributed by atoms with E-state index < -0.39 is 12.0 Å². The Kier molecular flexibility index (Phi) is 5.99. The van der Waals surface area contributed by atoms with E-state index in [1.54, 1.807) is 12.3 Å². The first-order chi connectivity index (χ1) is 9.10. The highest BCUT2D eigenvalue weighted by atomic mass is 16.4. The molecular formula is C14H20N2O3. The minimum Gasteiger partial charge on any atom is -0.480 e. The zero-order chi connectivity index (χ0) is 14.3. The first-order valence-electron chi connectivity index (χ1n) is 6.56. The van der Waals surface area contributed by atoms with E-state index in [1.807, 2.05) is 13.8 Å². The van der Waals surface area contributed by atoms with E-state index in [1.165, 1.54) is 6.20 Å². The Morgan fingerprint density at radius 1 is 1.42 bits per heavy atom. The summed E-state index contributed by atoms with van der Waals surface area (Å²) in [6, 6.07) is 0.790. The smallest absolute Gasteiger partial charge is 0.326 e. The largest absolute Gasteiger partial charge is 0.480 e. The molecule has 1 aromatic heterocycles. The van der Waals surface area contributed by atoms with Gasteiger partial charge in [-0.25, -0.2) is 4.79 Å². The summed E-state index contributed by atoms with van der Waals surface area (Å²) >= 11 is 0. The van der Waals surface area contributed by atoms with Crippen molar-refractivity contribution in [3.63, 3.8) is 0 Å². The van der Waals surface area contributed by atoms with Crippen molar-refractivity contribution in [1.82, 2.24) is 10.3 Å². The quantitative estimate of drug-likeness (QED) is 0.789. The maximum atomic E-state index is 12.1. The molecule has 0 saturated carbocycles. The SMILES string of the molecule is CCCC[C@H](NC(=O)c1ccncc1CC)C(=O)O. The first-order valence-corrected chi connectivity index (χ1v) is 6.56. The van der Waals surface area contributed by atoms with Crippen molar-refractivity contribution < 1.29 is 14.7 Å². The van der Waals surface area contributed by atoms with E-state index >= 15 is 0 Å². The summed E-state index contributed by atoms with van der Waals surface area (Å²) in [5.74, 6) is -1.34. The number of hydrogen-bond donors (Lipinski definition) is 2. The highest BCUT2D eigenvalue weighted by molar-refractivity contribution is 5.97. The normalized spacial score (nSPS) is 11.9. The van der Waals surface area contributed by atoms with Gasteiger partial charge in [-0.05, 0) is 24.5 Å². The lowest BCUT2D eigenvalue weighted by molar-refractivity contribution is -0.139. The monoisotopic (exact) mass is 264 g/mol. The van der Waals surface area contributed by atoms with Crippen LogP contribution in [0.5, 0.6) is 0 Å². The van der Waals surface area contributed by atoms with Gasteiger partial charge in [0.25, 0.3) is 5.91 Å². The van der Waals surface area contributed by atoms with Gasteiger partial charge in [0.1, 0.15) is 6.04 Å². The second-order valence-corrected chi connectivity index (χ2v) is 4.39. The van der Waals surface area contributed by atoms with Crippen LogP contribution in [-0.4, -0.2) is 28.0 Å². The van der Waals surface area contributed by atoms with E-state index in [2.05, 4.69) is 10.3 Å². The first kappa shape index (κ1) is 15.1. The average Bonchev–Trinajstić information content (AvgIpc) is 2.42. The molecule has 0 bridgehead atoms. The number of nitrogens with one attached hydrogen (secondary N) is 1. The van der Waals surface area contributed by atoms with Crippen LogP contribution in [0.2, 0.25) is 0 Å². The Morgan fingerprint density at radius 3 is 2.74 bits per heavy atom. The Balaban J connectivity index is 2.78. The average molecular weight is 264 g/mol. The third-order valence-corrected chi connectivity index (χ3v) is 2.98. The predicted molar refractivity (Wildman–Crippen MR) is 72.0 cm³/mol. The highest BCUT2D eigenvalue weighted by Crippen LogP contribution is 2.09. The number of carboxylic acids is 1. The van der Waals surface area contributed by atoms with Gasteiger partial charge in [0, 0.05) is 18.0 Å². The van der Waals surface area contributed by atoms with Gasteiger partial charge in [0.2, 0.25) is 0 Å². The molecule has 1 heterocycles. The molecule has 0 spiro atoms. The van der Waals surface area contributed by atoms with Gasteiger partial charge in [0.05, 0.1) is 0 Å². The molecule has 0 unspecified atom stereocenters. The van der Waals surface area contributed by atoms with Gasteiger partial charge < -0.3 is 10.4 Å². The number of nitrogens with zero attached hydrogens (tertiary/aromatic N) is 1. The molecule has 1 atom stereocenters. The maximum absolute atomic E-state index is 12.1. The molecule has 0 aliphatic carbocycles. The van der Waals surface area contributed by atoms with Crippen LogP contribution in [0.1, 0.15) is 49.0 Å². The lowest BCUT2D eigenvalue weighted by atomic mass is 10.1. The van der Waals surface area contributed by atoms with E-state index in [0.29, 0.717) is 18.4 Å². The van der Waals surface area contributed by atoms with Gasteiger partial charge in [-0.2, -0.15) is 0 Å². The van der Waals surface area contributed by atoms with E-state index in [9.17, 15) is 9.59 Å². The molecule has 5 nitrogen and oxygen atoms in total. The zero-order valence-electron chi connectivity index (χ0n) is 11.3. The van der Waals surface area contributed by atoms with Crippen molar-refractivity contribution in [3.05, 3.63) is 29.6 Å². The van der Waals surface area contributed by atoms with Crippen molar-refractivity contribution in [1.29, 1.82) is 0 Å². The summed E-state index contributed by atoms with van der Waals surface area (Å²) in [6.45, 7) is 3.92. The van der Waals surface area contributed by atoms with Crippen molar-refractivity contribution in [2.45, 2.75) is 45.6 Å². The van der Waals surface area contributed by atoms with Gasteiger partial charge in [-0.1, -0.05) is 26.7 Å². The molecule has 2 N–H and O–H groups in total. The minimum atomic E-state index is -0.992. The number of amides is 1. The summed E-state index contributed by atoms with van der Waals surface area (Å²) in [7, 11) is 0. The molecule has 5 heteroatoms. The Hall–Kier alpha value is -1.91. The van der Waals surface area contributed by atoms with Crippen LogP contribution in [0, 0.1) is 0 Å². The van der Waals surface area contributed by atoms with E-state index in [0.717, 1.165) is 18.4 Å². The van der Waals surface area contributed by atoms with Crippen LogP contribution in [0.25, 0.3) is 0 Å². The van der Waals surface area contributed by atoms with Crippen LogP contribution in [0.3, 0.4) is 0 Å². The second-order valence-electron chi connectivity index (χ2n) is 4.39. The second kappa shape index (κ2) is 7.51. The summed E-state index contributed by atoms with van der Waals surface area (Å²) in [4.78, 5) is 27.2. The molecule has 0 radical (unpaired) electrons. The number of pyridine rings is 1. The number of aryl methyl sites for hydroxylation is 1. The van der Waals surface area contributed by atoms with E-state index in [-0.39, 0.29) is 5.91 Å². The Bertz CT molecular complexity index is 446. The Morgan fingerprint density at radius 2 is 2.16 bits per heavy atom. The third kappa shape index (κ3) is 4.35. The standard InChI is InChI=1S/C14H20N2O3/c1-3-5-6-12(14(18)19)16-13(17)11-7-8-15-9-10(11)4-2/h7-9,12H,3-6H2,1-2H3,(H,16,17)(H,18,19)/t12-/m0/s1. The van der Waals surface area contributed by atoms with Crippen LogP contribution < -0.4 is 5.32 Å². The van der Waals surface area contributed by atoms with Crippen LogP contribution in [0.15, 0.2) is 18.5 Å². The van der Waals surface area contributed by atoms with E-state index in [4.69, 9.17) is 5.11 Å². The summed E-state index contributed by atoms with van der Waals surface area (Å²) < 4.78 is 0. The maximum Gasteiger partial charge on any atom is 0.326 e. The fourth-order valence-corrected chi connectivity index (χ4v) is 1.83. The minimum absolute atomic E-state index is 0.345. The van der Waals surface area contributed by atoms with Crippen molar-refractivity contribution >= 4 is 11.9 Å². The predicted octanol–water partition coefficient (Wildman–Crippen LogP) is 2.02. The molecule has 0 aliphatic heterocycles. The van der Waals surface area contributed by atoms with Crippen LogP contribution >= 0.6 is 0 Å². The van der Waals surface area contributed by atoms with Crippen molar-refractivity contribution in [3.8, 4) is 0 Å². The molecule has 0 aliphatic rings. The van der Waals surface area contributed by atoms with Crippen molar-refractivity contribution in [2.24, 2.45) is 0 Å². The fraction of sp³-hybridized carbons (Fsp3) is 0.500. The number of carbonyl (C=O) groups is 2. The molecule has 1 rings (SSSR count). The molecule has 0 aromatic carbocycles. The third-order valence-electron chi connectivity index (χ3n) is 2.98. The topological polar surface area (TPSA) is 79.3 Å². The zero-order valence-corrected chi connectivity index (χ0v) is 11.3. The van der Waals surface area contributed by atoms with Crippen LogP contribution in [-0.2, 0) is 11.2 Å².